The predicted octanol–water partition coefficient (Wildman–Crippen LogP) is 1.92. The SMILES string of the molecule is C[C@@H]1CCN(C(=O)[C@H](CCCNc2ncc[nH]2)NS(=O)(=O)c2ccc3c(c2)CCNCC3)[C@H](OC(=O)O)C1. The number of fused-ring (bicyclic) bond motifs is 1. The Labute approximate surface area is 222 Å². The third-order valence-electron chi connectivity index (χ3n) is 7.02. The number of carbonyl (C=O) groups is 2. The van der Waals surface area contributed by atoms with Crippen molar-refractivity contribution in [2.24, 2.45) is 5.92 Å². The maximum atomic E-state index is 13.7. The molecule has 1 aromatic heterocycles. The second kappa shape index (κ2) is 12.6. The minimum Gasteiger partial charge on any atom is -0.450 e. The quantitative estimate of drug-likeness (QED) is 0.220. The van der Waals surface area contributed by atoms with Crippen LogP contribution in [0.25, 0.3) is 0 Å². The van der Waals surface area contributed by atoms with Crippen LogP contribution in [0.5, 0.6) is 0 Å². The molecule has 12 nitrogen and oxygen atoms in total. The molecular formula is C25H36N6O6S. The Morgan fingerprint density at radius 2 is 2.05 bits per heavy atom. The second-order valence-electron chi connectivity index (χ2n) is 9.86. The fourth-order valence-corrected chi connectivity index (χ4v) is 6.23. The van der Waals surface area contributed by atoms with E-state index in [1.165, 1.54) is 4.90 Å². The van der Waals surface area contributed by atoms with E-state index < -0.39 is 34.4 Å². The van der Waals surface area contributed by atoms with Gasteiger partial charge < -0.3 is 30.4 Å². The highest BCUT2D eigenvalue weighted by molar-refractivity contribution is 7.89. The number of aromatic nitrogens is 2. The number of rotatable bonds is 10. The number of ether oxygens (including phenoxy) is 1. The highest BCUT2D eigenvalue weighted by atomic mass is 32.2. The fraction of sp³-hybridized carbons (Fsp3) is 0.560. The van der Waals surface area contributed by atoms with Crippen LogP contribution >= 0.6 is 0 Å². The highest BCUT2D eigenvalue weighted by Crippen LogP contribution is 2.26. The lowest BCUT2D eigenvalue weighted by Crippen LogP contribution is -2.55. The molecule has 38 heavy (non-hydrogen) atoms. The molecule has 208 valence electrons. The molecule has 0 bridgehead atoms. The summed E-state index contributed by atoms with van der Waals surface area (Å²) in [6, 6.07) is 4.01. The molecule has 5 N–H and O–H groups in total. The van der Waals surface area contributed by atoms with Gasteiger partial charge in [-0.2, -0.15) is 4.72 Å². The van der Waals surface area contributed by atoms with E-state index >= 15 is 0 Å². The number of nitrogens with zero attached hydrogens (tertiary/aromatic N) is 2. The Hall–Kier alpha value is -3.16. The summed E-state index contributed by atoms with van der Waals surface area (Å²) < 4.78 is 34.6. The van der Waals surface area contributed by atoms with Gasteiger partial charge in [0.2, 0.25) is 15.9 Å². The number of hydrogen-bond donors (Lipinski definition) is 5. The van der Waals surface area contributed by atoms with E-state index in [9.17, 15) is 23.1 Å². The van der Waals surface area contributed by atoms with Gasteiger partial charge in [0, 0.05) is 31.9 Å². The number of anilines is 1. The molecule has 1 fully saturated rings. The Morgan fingerprint density at radius 1 is 1.26 bits per heavy atom. The van der Waals surface area contributed by atoms with Crippen LogP contribution in [-0.4, -0.2) is 78.9 Å². The van der Waals surface area contributed by atoms with Crippen molar-refractivity contribution < 1.29 is 27.9 Å². The van der Waals surface area contributed by atoms with Crippen LogP contribution < -0.4 is 15.4 Å². The number of benzene rings is 1. The molecule has 0 unspecified atom stereocenters. The van der Waals surface area contributed by atoms with E-state index in [1.54, 1.807) is 24.5 Å². The maximum absolute atomic E-state index is 13.7. The van der Waals surface area contributed by atoms with Crippen molar-refractivity contribution in [1.29, 1.82) is 0 Å². The number of aromatic amines is 1. The lowest BCUT2D eigenvalue weighted by atomic mass is 9.96. The van der Waals surface area contributed by atoms with Gasteiger partial charge in [-0.25, -0.2) is 18.2 Å². The van der Waals surface area contributed by atoms with E-state index in [2.05, 4.69) is 25.3 Å². The van der Waals surface area contributed by atoms with Crippen molar-refractivity contribution in [3.8, 4) is 0 Å². The zero-order chi connectivity index (χ0) is 27.1. The molecule has 3 atom stereocenters. The average molecular weight is 549 g/mol. The van der Waals surface area contributed by atoms with Crippen LogP contribution in [0.2, 0.25) is 0 Å². The van der Waals surface area contributed by atoms with Gasteiger partial charge in [0.1, 0.15) is 6.04 Å². The topological polar surface area (TPSA) is 166 Å². The summed E-state index contributed by atoms with van der Waals surface area (Å²) in [4.78, 5) is 33.5. The Balaban J connectivity index is 1.53. The molecular weight excluding hydrogens is 512 g/mol. The van der Waals surface area contributed by atoms with Crippen LogP contribution in [0.1, 0.15) is 43.7 Å². The normalized spacial score (nSPS) is 20.7. The number of carboxylic acid groups (broad SMARTS) is 1. The van der Waals surface area contributed by atoms with Crippen LogP contribution in [-0.2, 0) is 32.4 Å². The molecule has 2 aromatic rings. The van der Waals surface area contributed by atoms with Gasteiger partial charge in [0.25, 0.3) is 0 Å². The molecule has 1 saturated heterocycles. The maximum Gasteiger partial charge on any atom is 0.507 e. The number of imidazole rings is 1. The predicted molar refractivity (Wildman–Crippen MR) is 140 cm³/mol. The summed E-state index contributed by atoms with van der Waals surface area (Å²) in [5.74, 6) is 0.252. The highest BCUT2D eigenvalue weighted by Gasteiger charge is 2.37. The summed E-state index contributed by atoms with van der Waals surface area (Å²) in [5.41, 5.74) is 2.09. The van der Waals surface area contributed by atoms with Gasteiger partial charge >= 0.3 is 6.16 Å². The first-order chi connectivity index (χ1) is 18.2. The molecule has 0 spiro atoms. The number of H-pyrrole nitrogens is 1. The summed E-state index contributed by atoms with van der Waals surface area (Å²) in [6.45, 7) is 4.32. The Morgan fingerprint density at radius 3 is 2.79 bits per heavy atom. The van der Waals surface area contributed by atoms with E-state index in [-0.39, 0.29) is 23.8 Å². The second-order valence-corrected chi connectivity index (χ2v) is 11.6. The minimum atomic E-state index is -4.03. The Bertz CT molecular complexity index is 1200. The van der Waals surface area contributed by atoms with Crippen molar-refractivity contribution >= 4 is 28.0 Å². The van der Waals surface area contributed by atoms with Crippen LogP contribution in [0.15, 0.2) is 35.5 Å². The molecule has 4 rings (SSSR count). The molecule has 0 aliphatic carbocycles. The van der Waals surface area contributed by atoms with Gasteiger partial charge in [0.15, 0.2) is 12.2 Å². The van der Waals surface area contributed by atoms with Crippen LogP contribution in [0, 0.1) is 5.92 Å². The fourth-order valence-electron chi connectivity index (χ4n) is 4.95. The number of sulfonamides is 1. The van der Waals surface area contributed by atoms with Crippen molar-refractivity contribution in [1.82, 2.24) is 24.9 Å². The monoisotopic (exact) mass is 548 g/mol. The van der Waals surface area contributed by atoms with Crippen LogP contribution in [0.4, 0.5) is 10.7 Å². The molecule has 13 heteroatoms. The molecule has 3 heterocycles. The van der Waals surface area contributed by atoms with E-state index in [4.69, 9.17) is 4.74 Å². The number of carbonyl (C=O) groups excluding carboxylic acids is 1. The summed E-state index contributed by atoms with van der Waals surface area (Å²) in [6.07, 6.45) is 4.10. The molecule has 1 amide bonds. The standard InChI is InChI=1S/C25H36N6O6S/c1-17-8-14-31(22(15-17)37-25(33)34)23(32)21(3-2-9-27-24-28-12-13-29-24)30-38(35,36)20-5-4-18-6-10-26-11-7-19(18)16-20/h4-5,12-13,16-17,21-22,26,30H,2-3,6-11,14-15H2,1H3,(H,33,34)(H2,27,28,29)/t17-,21+,22-/m1/s1. The number of likely N-dealkylation sites (tertiary alicyclic amines) is 1. The van der Waals surface area contributed by atoms with Crippen molar-refractivity contribution in [3.63, 3.8) is 0 Å². The first kappa shape index (κ1) is 27.9. The molecule has 0 radical (unpaired) electrons. The van der Waals surface area contributed by atoms with E-state index in [0.717, 1.165) is 37.1 Å². The first-order valence-electron chi connectivity index (χ1n) is 13.0. The zero-order valence-electron chi connectivity index (χ0n) is 21.5. The zero-order valence-corrected chi connectivity index (χ0v) is 22.3. The summed E-state index contributed by atoms with van der Waals surface area (Å²) in [5, 5.41) is 15.6. The molecule has 2 aliphatic heterocycles. The third kappa shape index (κ3) is 7.23. The number of nitrogens with one attached hydrogen (secondary N) is 4. The number of hydrogen-bond acceptors (Lipinski definition) is 8. The van der Waals surface area contributed by atoms with Crippen molar-refractivity contribution in [3.05, 3.63) is 41.7 Å². The lowest BCUT2D eigenvalue weighted by Gasteiger charge is -2.38. The largest absolute Gasteiger partial charge is 0.507 e. The smallest absolute Gasteiger partial charge is 0.450 e. The molecule has 2 aliphatic rings. The molecule has 0 saturated carbocycles. The van der Waals surface area contributed by atoms with Crippen molar-refractivity contribution in [2.75, 3.05) is 31.5 Å². The Kier molecular flexibility index (Phi) is 9.23. The van der Waals surface area contributed by atoms with E-state index in [1.807, 2.05) is 13.0 Å². The van der Waals surface area contributed by atoms with Crippen LogP contribution in [0.3, 0.4) is 0 Å². The third-order valence-corrected chi connectivity index (χ3v) is 8.49. The lowest BCUT2D eigenvalue weighted by molar-refractivity contribution is -0.149. The van der Waals surface area contributed by atoms with Crippen molar-refractivity contribution in [2.45, 2.75) is 62.6 Å². The first-order valence-corrected chi connectivity index (χ1v) is 14.5. The van der Waals surface area contributed by atoms with Gasteiger partial charge in [-0.05, 0) is 74.4 Å². The summed E-state index contributed by atoms with van der Waals surface area (Å²) in [7, 11) is -4.03. The van der Waals surface area contributed by atoms with Gasteiger partial charge in [0.05, 0.1) is 4.90 Å². The van der Waals surface area contributed by atoms with E-state index in [0.29, 0.717) is 31.8 Å². The van der Waals surface area contributed by atoms with Gasteiger partial charge in [-0.15, -0.1) is 0 Å². The van der Waals surface area contributed by atoms with Gasteiger partial charge in [-0.1, -0.05) is 13.0 Å². The number of amides is 1. The van der Waals surface area contributed by atoms with Gasteiger partial charge in [-0.3, -0.25) is 4.79 Å². The molecule has 1 aromatic carbocycles. The summed E-state index contributed by atoms with van der Waals surface area (Å²) >= 11 is 0. The minimum absolute atomic E-state index is 0.107. The number of piperidine rings is 1. The average Bonchev–Trinajstić information content (AvgIpc) is 3.28.